The summed E-state index contributed by atoms with van der Waals surface area (Å²) in [6, 6.07) is 5.74. The van der Waals surface area contributed by atoms with Crippen LogP contribution in [-0.4, -0.2) is 45.0 Å². The third kappa shape index (κ3) is 7.65. The van der Waals surface area contributed by atoms with E-state index >= 15 is 0 Å². The number of rotatable bonds is 11. The molecule has 0 saturated heterocycles. The van der Waals surface area contributed by atoms with Crippen LogP contribution in [0.1, 0.15) is 38.7 Å². The second kappa shape index (κ2) is 12.4. The Morgan fingerprint density at radius 2 is 1.96 bits per heavy atom. The molecule has 0 fully saturated rings. The van der Waals surface area contributed by atoms with Gasteiger partial charge in [-0.05, 0) is 37.8 Å². The van der Waals surface area contributed by atoms with Crippen molar-refractivity contribution in [3.05, 3.63) is 23.8 Å². The quantitative estimate of drug-likeness (QED) is 0.422. The fourth-order valence-corrected chi connectivity index (χ4v) is 2.67. The Hall–Kier alpha value is -1.95. The van der Waals surface area contributed by atoms with Crippen LogP contribution in [0.15, 0.2) is 23.2 Å². The number of hydrogen-bond donors (Lipinski definition) is 3. The molecule has 1 aromatic rings. The third-order valence-electron chi connectivity index (χ3n) is 4.04. The minimum Gasteiger partial charge on any atom is -0.497 e. The SMILES string of the molecule is CCCC(CCO)CNC(=NCc1ccc(OC)cc1OC)NCC. The fraction of sp³-hybridized carbons (Fsp3) is 0.632. The van der Waals surface area contributed by atoms with E-state index in [1.165, 1.54) is 0 Å². The summed E-state index contributed by atoms with van der Waals surface area (Å²) in [4.78, 5) is 4.65. The zero-order valence-electron chi connectivity index (χ0n) is 16.0. The molecule has 6 heteroatoms. The van der Waals surface area contributed by atoms with Crippen LogP contribution in [0.2, 0.25) is 0 Å². The maximum absolute atomic E-state index is 9.19. The summed E-state index contributed by atoms with van der Waals surface area (Å²) in [5.41, 5.74) is 1.00. The highest BCUT2D eigenvalue weighted by atomic mass is 16.5. The summed E-state index contributed by atoms with van der Waals surface area (Å²) < 4.78 is 10.7. The molecule has 0 spiro atoms. The van der Waals surface area contributed by atoms with E-state index in [-0.39, 0.29) is 6.61 Å². The molecular weight excluding hydrogens is 318 g/mol. The number of methoxy groups -OCH3 is 2. The van der Waals surface area contributed by atoms with Gasteiger partial charge in [-0.25, -0.2) is 4.99 Å². The predicted octanol–water partition coefficient (Wildman–Crippen LogP) is 2.56. The van der Waals surface area contributed by atoms with Crippen LogP contribution in [0.3, 0.4) is 0 Å². The number of aliphatic imine (C=N–C) groups is 1. The van der Waals surface area contributed by atoms with Crippen molar-refractivity contribution in [2.75, 3.05) is 33.9 Å². The van der Waals surface area contributed by atoms with Crippen molar-refractivity contribution in [1.82, 2.24) is 10.6 Å². The Bertz CT molecular complexity index is 515. The molecule has 0 radical (unpaired) electrons. The highest BCUT2D eigenvalue weighted by molar-refractivity contribution is 5.79. The first-order chi connectivity index (χ1) is 12.2. The standard InChI is InChI=1S/C19H33N3O3/c1-5-7-15(10-11-23)13-21-19(20-6-2)22-14-16-8-9-17(24-3)12-18(16)25-4/h8-9,12,15,23H,5-7,10-11,13-14H2,1-4H3,(H2,20,21,22). The average Bonchev–Trinajstić information content (AvgIpc) is 2.64. The second-order valence-corrected chi connectivity index (χ2v) is 5.92. The van der Waals surface area contributed by atoms with Crippen molar-refractivity contribution in [2.45, 2.75) is 39.7 Å². The predicted molar refractivity (Wildman–Crippen MR) is 102 cm³/mol. The van der Waals surface area contributed by atoms with Gasteiger partial charge in [-0.15, -0.1) is 0 Å². The number of ether oxygens (including phenoxy) is 2. The molecule has 0 amide bonds. The van der Waals surface area contributed by atoms with Gasteiger partial charge in [-0.2, -0.15) is 0 Å². The number of benzene rings is 1. The van der Waals surface area contributed by atoms with E-state index < -0.39 is 0 Å². The van der Waals surface area contributed by atoms with Crippen LogP contribution in [0.25, 0.3) is 0 Å². The second-order valence-electron chi connectivity index (χ2n) is 5.92. The molecule has 1 unspecified atom stereocenters. The van der Waals surface area contributed by atoms with Crippen molar-refractivity contribution in [2.24, 2.45) is 10.9 Å². The number of hydrogen-bond acceptors (Lipinski definition) is 4. The zero-order chi connectivity index (χ0) is 18.5. The molecule has 142 valence electrons. The number of aliphatic hydroxyl groups excluding tert-OH is 1. The van der Waals surface area contributed by atoms with E-state index in [9.17, 15) is 5.11 Å². The highest BCUT2D eigenvalue weighted by Gasteiger charge is 2.09. The van der Waals surface area contributed by atoms with Crippen LogP contribution >= 0.6 is 0 Å². The number of guanidine groups is 1. The average molecular weight is 351 g/mol. The summed E-state index contributed by atoms with van der Waals surface area (Å²) in [5, 5.41) is 15.8. The normalized spacial score (nSPS) is 12.6. The summed E-state index contributed by atoms with van der Waals surface area (Å²) in [7, 11) is 3.29. The van der Waals surface area contributed by atoms with E-state index in [1.807, 2.05) is 25.1 Å². The van der Waals surface area contributed by atoms with E-state index in [1.54, 1.807) is 14.2 Å². The summed E-state index contributed by atoms with van der Waals surface area (Å²) in [6.07, 6.45) is 3.02. The van der Waals surface area contributed by atoms with E-state index in [4.69, 9.17) is 9.47 Å². The minimum absolute atomic E-state index is 0.225. The van der Waals surface area contributed by atoms with Gasteiger partial charge < -0.3 is 25.2 Å². The Morgan fingerprint density at radius 3 is 2.56 bits per heavy atom. The molecule has 25 heavy (non-hydrogen) atoms. The molecule has 0 bridgehead atoms. The molecule has 0 saturated carbocycles. The largest absolute Gasteiger partial charge is 0.497 e. The Labute approximate surface area is 151 Å². The first-order valence-corrected chi connectivity index (χ1v) is 9.02. The Morgan fingerprint density at radius 1 is 1.16 bits per heavy atom. The van der Waals surface area contributed by atoms with Gasteiger partial charge in [0.1, 0.15) is 11.5 Å². The lowest BCUT2D eigenvalue weighted by molar-refractivity contribution is 0.251. The molecule has 0 aliphatic rings. The van der Waals surface area contributed by atoms with Gasteiger partial charge in [0.2, 0.25) is 0 Å². The smallest absolute Gasteiger partial charge is 0.191 e. The molecule has 0 aliphatic heterocycles. The van der Waals surface area contributed by atoms with Gasteiger partial charge in [0.25, 0.3) is 0 Å². The summed E-state index contributed by atoms with van der Waals surface area (Å²) in [5.74, 6) is 2.76. The van der Waals surface area contributed by atoms with Gasteiger partial charge in [-0.3, -0.25) is 0 Å². The number of nitrogens with zero attached hydrogens (tertiary/aromatic N) is 1. The molecule has 3 N–H and O–H groups in total. The van der Waals surface area contributed by atoms with Crippen LogP contribution in [-0.2, 0) is 6.54 Å². The molecule has 0 aliphatic carbocycles. The lowest BCUT2D eigenvalue weighted by Crippen LogP contribution is -2.40. The summed E-state index contributed by atoms with van der Waals surface area (Å²) in [6.45, 7) is 6.55. The van der Waals surface area contributed by atoms with Crippen molar-refractivity contribution in [3.8, 4) is 11.5 Å². The lowest BCUT2D eigenvalue weighted by Gasteiger charge is -2.18. The van der Waals surface area contributed by atoms with Crippen molar-refractivity contribution in [1.29, 1.82) is 0 Å². The van der Waals surface area contributed by atoms with Crippen molar-refractivity contribution < 1.29 is 14.6 Å². The zero-order valence-corrected chi connectivity index (χ0v) is 16.0. The minimum atomic E-state index is 0.225. The number of aliphatic hydroxyl groups is 1. The molecular formula is C19H33N3O3. The van der Waals surface area contributed by atoms with Crippen LogP contribution in [0.4, 0.5) is 0 Å². The molecule has 0 aromatic heterocycles. The molecule has 0 heterocycles. The summed E-state index contributed by atoms with van der Waals surface area (Å²) >= 11 is 0. The van der Waals surface area contributed by atoms with Crippen LogP contribution in [0, 0.1) is 5.92 Å². The van der Waals surface area contributed by atoms with Gasteiger partial charge in [0.05, 0.1) is 20.8 Å². The first-order valence-electron chi connectivity index (χ1n) is 9.02. The van der Waals surface area contributed by atoms with E-state index in [2.05, 4.69) is 22.5 Å². The molecule has 6 nitrogen and oxygen atoms in total. The first kappa shape index (κ1) is 21.1. The Balaban J connectivity index is 2.74. The third-order valence-corrected chi connectivity index (χ3v) is 4.04. The van der Waals surface area contributed by atoms with Crippen LogP contribution in [0.5, 0.6) is 11.5 Å². The van der Waals surface area contributed by atoms with Gasteiger partial charge in [0.15, 0.2) is 5.96 Å². The van der Waals surface area contributed by atoms with Gasteiger partial charge >= 0.3 is 0 Å². The van der Waals surface area contributed by atoms with Crippen LogP contribution < -0.4 is 20.1 Å². The fourth-order valence-electron chi connectivity index (χ4n) is 2.67. The van der Waals surface area contributed by atoms with Crippen molar-refractivity contribution in [3.63, 3.8) is 0 Å². The molecule has 1 aromatic carbocycles. The maximum atomic E-state index is 9.19. The van der Waals surface area contributed by atoms with Gasteiger partial charge in [-0.1, -0.05) is 13.3 Å². The van der Waals surface area contributed by atoms with Crippen molar-refractivity contribution >= 4 is 5.96 Å². The lowest BCUT2D eigenvalue weighted by atomic mass is 10.0. The van der Waals surface area contributed by atoms with E-state index in [0.717, 1.165) is 55.4 Å². The Kier molecular flexibility index (Phi) is 10.5. The van der Waals surface area contributed by atoms with Gasteiger partial charge in [0, 0.05) is 31.3 Å². The monoisotopic (exact) mass is 351 g/mol. The number of nitrogens with one attached hydrogen (secondary N) is 2. The van der Waals surface area contributed by atoms with E-state index in [0.29, 0.717) is 12.5 Å². The highest BCUT2D eigenvalue weighted by Crippen LogP contribution is 2.25. The molecule has 1 rings (SSSR count). The topological polar surface area (TPSA) is 75.1 Å². The maximum Gasteiger partial charge on any atom is 0.191 e. The molecule has 1 atom stereocenters.